The van der Waals surface area contributed by atoms with Crippen molar-refractivity contribution in [1.29, 1.82) is 0 Å². The highest BCUT2D eigenvalue weighted by molar-refractivity contribution is 5.76. The molecule has 2 aliphatic carbocycles. The summed E-state index contributed by atoms with van der Waals surface area (Å²) in [7, 11) is 0. The van der Waals surface area contributed by atoms with Gasteiger partial charge in [0, 0.05) is 19.1 Å². The zero-order valence-corrected chi connectivity index (χ0v) is 14.2. The molecule has 3 fully saturated rings. The maximum atomic E-state index is 12.4. The Morgan fingerprint density at radius 2 is 2.10 bits per heavy atom. The summed E-state index contributed by atoms with van der Waals surface area (Å²) < 4.78 is 5.91. The SMILES string of the molecule is CC(C)CC(=O)N[C@@H]1C(C)(C)[C@@H]2C[C@@H]3[C@@H](C)OCC[C@@]31C2. The molecule has 0 aromatic rings. The molecule has 1 amide bonds. The lowest BCUT2D eigenvalue weighted by Crippen LogP contribution is -2.60. The minimum Gasteiger partial charge on any atom is -0.378 e. The van der Waals surface area contributed by atoms with E-state index in [2.05, 4.69) is 39.9 Å². The number of carbonyl (C=O) groups is 1. The first-order valence-corrected chi connectivity index (χ1v) is 8.68. The molecule has 1 N–H and O–H groups in total. The molecule has 1 saturated heterocycles. The predicted molar refractivity (Wildman–Crippen MR) is 83.8 cm³/mol. The van der Waals surface area contributed by atoms with Gasteiger partial charge in [-0.3, -0.25) is 4.79 Å². The lowest BCUT2D eigenvalue weighted by atomic mass is 9.59. The van der Waals surface area contributed by atoms with E-state index < -0.39 is 0 Å². The number of fused-ring (bicyclic) bond motifs is 1. The van der Waals surface area contributed by atoms with Crippen LogP contribution in [-0.4, -0.2) is 24.7 Å². The van der Waals surface area contributed by atoms with Crippen molar-refractivity contribution in [3.8, 4) is 0 Å². The van der Waals surface area contributed by atoms with Crippen LogP contribution < -0.4 is 5.32 Å². The van der Waals surface area contributed by atoms with E-state index in [1.165, 1.54) is 12.8 Å². The number of hydrogen-bond donors (Lipinski definition) is 1. The second-order valence-electron chi connectivity index (χ2n) is 8.72. The summed E-state index contributed by atoms with van der Waals surface area (Å²) in [5.74, 6) is 2.03. The summed E-state index contributed by atoms with van der Waals surface area (Å²) in [6, 6.07) is 0.325. The van der Waals surface area contributed by atoms with E-state index in [9.17, 15) is 4.79 Å². The van der Waals surface area contributed by atoms with Gasteiger partial charge in [0.2, 0.25) is 5.91 Å². The Balaban J connectivity index is 1.85. The van der Waals surface area contributed by atoms with E-state index in [0.29, 0.717) is 35.8 Å². The summed E-state index contributed by atoms with van der Waals surface area (Å²) in [6.07, 6.45) is 4.68. The zero-order valence-electron chi connectivity index (χ0n) is 14.2. The van der Waals surface area contributed by atoms with E-state index in [1.54, 1.807) is 0 Å². The lowest BCUT2D eigenvalue weighted by Gasteiger charge is -2.52. The third-order valence-corrected chi connectivity index (χ3v) is 6.69. The molecular weight excluding hydrogens is 262 g/mol. The molecule has 5 atom stereocenters. The Bertz CT molecular complexity index is 431. The van der Waals surface area contributed by atoms with Gasteiger partial charge in [-0.25, -0.2) is 0 Å². The summed E-state index contributed by atoms with van der Waals surface area (Å²) >= 11 is 0. The molecular formula is C18H31NO2. The van der Waals surface area contributed by atoms with Gasteiger partial charge >= 0.3 is 0 Å². The number of nitrogens with one attached hydrogen (secondary N) is 1. The molecule has 3 aliphatic rings. The molecule has 0 unspecified atom stereocenters. The molecule has 21 heavy (non-hydrogen) atoms. The summed E-state index contributed by atoms with van der Waals surface area (Å²) in [5.41, 5.74) is 0.513. The Hall–Kier alpha value is -0.570. The lowest BCUT2D eigenvalue weighted by molar-refractivity contribution is -0.134. The van der Waals surface area contributed by atoms with E-state index in [1.807, 2.05) is 0 Å². The smallest absolute Gasteiger partial charge is 0.220 e. The molecule has 3 rings (SSSR count). The molecule has 1 aliphatic heterocycles. The van der Waals surface area contributed by atoms with Crippen LogP contribution in [0.4, 0.5) is 0 Å². The van der Waals surface area contributed by atoms with Gasteiger partial charge in [0.15, 0.2) is 0 Å². The van der Waals surface area contributed by atoms with Gasteiger partial charge in [0.1, 0.15) is 0 Å². The first-order valence-electron chi connectivity index (χ1n) is 8.68. The van der Waals surface area contributed by atoms with Crippen molar-refractivity contribution in [2.45, 2.75) is 72.4 Å². The second kappa shape index (κ2) is 4.97. The van der Waals surface area contributed by atoms with Crippen LogP contribution in [0.3, 0.4) is 0 Å². The largest absolute Gasteiger partial charge is 0.378 e. The maximum Gasteiger partial charge on any atom is 0.220 e. The topological polar surface area (TPSA) is 38.3 Å². The van der Waals surface area contributed by atoms with Crippen molar-refractivity contribution in [2.75, 3.05) is 6.61 Å². The highest BCUT2D eigenvalue weighted by atomic mass is 16.5. The van der Waals surface area contributed by atoms with Crippen molar-refractivity contribution in [3.05, 3.63) is 0 Å². The molecule has 3 nitrogen and oxygen atoms in total. The minimum absolute atomic E-state index is 0.222. The van der Waals surface area contributed by atoms with Gasteiger partial charge in [-0.1, -0.05) is 27.7 Å². The number of rotatable bonds is 3. The average Bonchev–Trinajstić information content (AvgIpc) is 2.84. The normalized spacial score (nSPS) is 43.9. The average molecular weight is 293 g/mol. The number of carbonyl (C=O) groups excluding carboxylic acids is 1. The van der Waals surface area contributed by atoms with Crippen LogP contribution in [0.1, 0.15) is 60.3 Å². The third-order valence-electron chi connectivity index (χ3n) is 6.69. The Labute approximate surface area is 129 Å². The minimum atomic E-state index is 0.222. The second-order valence-corrected chi connectivity index (χ2v) is 8.72. The Morgan fingerprint density at radius 3 is 2.76 bits per heavy atom. The van der Waals surface area contributed by atoms with Crippen molar-refractivity contribution in [3.63, 3.8) is 0 Å². The van der Waals surface area contributed by atoms with Gasteiger partial charge in [-0.05, 0) is 54.8 Å². The molecule has 0 aromatic heterocycles. The summed E-state index contributed by atoms with van der Waals surface area (Å²) in [6.45, 7) is 12.0. The van der Waals surface area contributed by atoms with Crippen molar-refractivity contribution < 1.29 is 9.53 Å². The molecule has 1 heterocycles. The highest BCUT2D eigenvalue weighted by Gasteiger charge is 2.67. The molecule has 0 aromatic carbocycles. The van der Waals surface area contributed by atoms with E-state index in [0.717, 1.165) is 18.9 Å². The van der Waals surface area contributed by atoms with Crippen LogP contribution in [0.15, 0.2) is 0 Å². The third kappa shape index (κ3) is 2.23. The van der Waals surface area contributed by atoms with Crippen molar-refractivity contribution in [2.24, 2.45) is 28.6 Å². The standard InChI is InChI=1S/C18H31NO2/c1-11(2)8-15(20)19-16-17(4,5)13-9-14-12(3)21-7-6-18(14,16)10-13/h11-14,16H,6-10H2,1-5H3,(H,19,20)/t12-,13-,14-,16-,18-/m1/s1. The van der Waals surface area contributed by atoms with Crippen LogP contribution in [0.5, 0.6) is 0 Å². The predicted octanol–water partition coefficient (Wildman–Crippen LogP) is 3.38. The van der Waals surface area contributed by atoms with E-state index in [-0.39, 0.29) is 11.3 Å². The van der Waals surface area contributed by atoms with Crippen LogP contribution in [0.25, 0.3) is 0 Å². The fourth-order valence-electron chi connectivity index (χ4n) is 5.67. The molecule has 3 heteroatoms. The molecule has 0 radical (unpaired) electrons. The van der Waals surface area contributed by atoms with Crippen LogP contribution >= 0.6 is 0 Å². The van der Waals surface area contributed by atoms with Crippen molar-refractivity contribution >= 4 is 5.91 Å². The van der Waals surface area contributed by atoms with E-state index in [4.69, 9.17) is 4.74 Å². The Morgan fingerprint density at radius 1 is 1.38 bits per heavy atom. The monoisotopic (exact) mass is 293 g/mol. The summed E-state index contributed by atoms with van der Waals surface area (Å²) in [5, 5.41) is 3.45. The zero-order chi connectivity index (χ0) is 15.4. The summed E-state index contributed by atoms with van der Waals surface area (Å²) in [4.78, 5) is 12.4. The molecule has 2 bridgehead atoms. The van der Waals surface area contributed by atoms with E-state index >= 15 is 0 Å². The fourth-order valence-corrected chi connectivity index (χ4v) is 5.67. The van der Waals surface area contributed by atoms with Crippen LogP contribution in [0.2, 0.25) is 0 Å². The number of amides is 1. The van der Waals surface area contributed by atoms with Gasteiger partial charge in [0.05, 0.1) is 6.10 Å². The first-order chi connectivity index (χ1) is 9.77. The van der Waals surface area contributed by atoms with Crippen LogP contribution in [-0.2, 0) is 9.53 Å². The fraction of sp³-hybridized carbons (Fsp3) is 0.944. The molecule has 1 spiro atoms. The van der Waals surface area contributed by atoms with Crippen molar-refractivity contribution in [1.82, 2.24) is 5.32 Å². The van der Waals surface area contributed by atoms with Gasteiger partial charge < -0.3 is 10.1 Å². The first kappa shape index (κ1) is 15.3. The highest BCUT2D eigenvalue weighted by Crippen LogP contribution is 2.68. The quantitative estimate of drug-likeness (QED) is 0.866. The number of ether oxygens (including phenoxy) is 1. The van der Waals surface area contributed by atoms with Gasteiger partial charge in [-0.15, -0.1) is 0 Å². The van der Waals surface area contributed by atoms with Gasteiger partial charge in [0.25, 0.3) is 0 Å². The maximum absolute atomic E-state index is 12.4. The number of hydrogen-bond acceptors (Lipinski definition) is 2. The van der Waals surface area contributed by atoms with Gasteiger partial charge in [-0.2, -0.15) is 0 Å². The molecule has 2 saturated carbocycles. The Kier molecular flexibility index (Phi) is 3.63. The van der Waals surface area contributed by atoms with Crippen LogP contribution in [0, 0.1) is 28.6 Å². The molecule has 120 valence electrons.